The fraction of sp³-hybridized carbons (Fsp3) is 0.350. The molecule has 1 aliphatic heterocycles. The average molecular weight is 338 g/mol. The van der Waals surface area contributed by atoms with Gasteiger partial charge in [0.15, 0.2) is 11.5 Å². The van der Waals surface area contributed by atoms with E-state index in [-0.39, 0.29) is 11.6 Å². The predicted molar refractivity (Wildman–Crippen MR) is 96.4 cm³/mol. The minimum absolute atomic E-state index is 0.181. The highest BCUT2D eigenvalue weighted by Gasteiger charge is 2.46. The van der Waals surface area contributed by atoms with Crippen LogP contribution in [0.25, 0.3) is 0 Å². The molecule has 1 heterocycles. The lowest BCUT2D eigenvalue weighted by Gasteiger charge is -2.23. The van der Waals surface area contributed by atoms with Crippen molar-refractivity contribution in [3.63, 3.8) is 0 Å². The van der Waals surface area contributed by atoms with Gasteiger partial charge in [-0.05, 0) is 56.0 Å². The number of hydrogen-bond acceptors (Lipinski definition) is 3. The van der Waals surface area contributed by atoms with Crippen LogP contribution in [0.5, 0.6) is 11.5 Å². The zero-order chi connectivity index (χ0) is 17.4. The highest BCUT2D eigenvalue weighted by molar-refractivity contribution is 5.91. The summed E-state index contributed by atoms with van der Waals surface area (Å²) in [6.07, 6.45) is 1.85. The highest BCUT2D eigenvalue weighted by atomic mass is 16.6. The highest BCUT2D eigenvalue weighted by Crippen LogP contribution is 2.47. The molecule has 2 aromatic carbocycles. The Kier molecular flexibility index (Phi) is 3.79. The Balaban J connectivity index is 1.49. The second kappa shape index (κ2) is 5.99. The first kappa shape index (κ1) is 15.8. The molecule has 2 N–H and O–H groups in total. The number of hydrogen-bond donors (Lipinski definition) is 2. The van der Waals surface area contributed by atoms with E-state index in [2.05, 4.69) is 16.7 Å². The van der Waals surface area contributed by atoms with Crippen molar-refractivity contribution in [2.24, 2.45) is 0 Å². The summed E-state index contributed by atoms with van der Waals surface area (Å²) in [5.41, 5.74) is 3.82. The van der Waals surface area contributed by atoms with E-state index in [1.165, 1.54) is 5.56 Å². The van der Waals surface area contributed by atoms with Crippen molar-refractivity contribution in [3.05, 3.63) is 53.1 Å². The molecule has 0 spiro atoms. The molecule has 0 atom stereocenters. The van der Waals surface area contributed by atoms with Crippen LogP contribution >= 0.6 is 0 Å². The number of fused-ring (bicyclic) bond motifs is 1. The van der Waals surface area contributed by atoms with E-state index in [1.807, 2.05) is 44.2 Å². The Labute approximate surface area is 147 Å². The largest absolute Gasteiger partial charge is 0.486 e. The molecule has 0 saturated heterocycles. The fourth-order valence-electron chi connectivity index (χ4n) is 3.28. The van der Waals surface area contributed by atoms with Crippen molar-refractivity contribution in [2.45, 2.75) is 32.2 Å². The number of anilines is 1. The summed E-state index contributed by atoms with van der Waals surface area (Å²) in [5, 5.41) is 6.09. The van der Waals surface area contributed by atoms with Gasteiger partial charge in [0.1, 0.15) is 13.2 Å². The number of aryl methyl sites for hydroxylation is 2. The summed E-state index contributed by atoms with van der Waals surface area (Å²) in [6.45, 7) is 5.17. The molecule has 2 amide bonds. The minimum atomic E-state index is -0.307. The van der Waals surface area contributed by atoms with Gasteiger partial charge in [0, 0.05) is 5.69 Å². The van der Waals surface area contributed by atoms with E-state index in [9.17, 15) is 4.79 Å². The molecule has 0 radical (unpaired) electrons. The Morgan fingerprint density at radius 3 is 2.48 bits per heavy atom. The van der Waals surface area contributed by atoms with Crippen molar-refractivity contribution in [2.75, 3.05) is 18.5 Å². The molecular weight excluding hydrogens is 316 g/mol. The lowest BCUT2D eigenvalue weighted by molar-refractivity contribution is 0.171. The second-order valence-corrected chi connectivity index (χ2v) is 6.84. The third-order valence-electron chi connectivity index (χ3n) is 4.83. The van der Waals surface area contributed by atoms with Crippen LogP contribution < -0.4 is 20.1 Å². The maximum absolute atomic E-state index is 12.5. The molecule has 5 nitrogen and oxygen atoms in total. The zero-order valence-corrected chi connectivity index (χ0v) is 14.5. The number of amides is 2. The summed E-state index contributed by atoms with van der Waals surface area (Å²) in [4.78, 5) is 12.5. The third-order valence-corrected chi connectivity index (χ3v) is 4.83. The molecule has 0 bridgehead atoms. The minimum Gasteiger partial charge on any atom is -0.486 e. The molecule has 2 aromatic rings. The Hall–Kier alpha value is -2.69. The summed E-state index contributed by atoms with van der Waals surface area (Å²) in [7, 11) is 0. The van der Waals surface area contributed by atoms with Crippen molar-refractivity contribution < 1.29 is 14.3 Å². The van der Waals surface area contributed by atoms with Gasteiger partial charge in [-0.2, -0.15) is 0 Å². The molecule has 0 aromatic heterocycles. The van der Waals surface area contributed by atoms with Gasteiger partial charge in [-0.25, -0.2) is 4.79 Å². The van der Waals surface area contributed by atoms with E-state index in [4.69, 9.17) is 9.47 Å². The molecule has 25 heavy (non-hydrogen) atoms. The van der Waals surface area contributed by atoms with Crippen molar-refractivity contribution in [1.29, 1.82) is 0 Å². The lowest BCUT2D eigenvalue weighted by Crippen LogP contribution is -2.38. The normalized spacial score (nSPS) is 16.9. The summed E-state index contributed by atoms with van der Waals surface area (Å²) >= 11 is 0. The van der Waals surface area contributed by atoms with Crippen LogP contribution in [0, 0.1) is 13.8 Å². The SMILES string of the molecule is Cc1ccc(NC(=O)NC2(c3ccc4c(c3)OCCO4)CC2)c(C)c1. The van der Waals surface area contributed by atoms with E-state index in [0.29, 0.717) is 13.2 Å². The van der Waals surface area contributed by atoms with Crippen molar-refractivity contribution >= 4 is 11.7 Å². The van der Waals surface area contributed by atoms with Gasteiger partial charge in [-0.3, -0.25) is 0 Å². The summed E-state index contributed by atoms with van der Waals surface area (Å²) < 4.78 is 11.2. The van der Waals surface area contributed by atoms with Gasteiger partial charge in [-0.15, -0.1) is 0 Å². The summed E-state index contributed by atoms with van der Waals surface area (Å²) in [6, 6.07) is 11.7. The number of ether oxygens (including phenoxy) is 2. The Morgan fingerprint density at radius 2 is 1.76 bits per heavy atom. The van der Waals surface area contributed by atoms with Crippen molar-refractivity contribution in [3.8, 4) is 11.5 Å². The first-order valence-corrected chi connectivity index (χ1v) is 8.62. The molecule has 1 saturated carbocycles. The van der Waals surface area contributed by atoms with E-state index >= 15 is 0 Å². The number of carbonyl (C=O) groups is 1. The monoisotopic (exact) mass is 338 g/mol. The van der Waals surface area contributed by atoms with E-state index in [1.54, 1.807) is 0 Å². The molecule has 1 aliphatic carbocycles. The molecule has 2 aliphatic rings. The number of rotatable bonds is 3. The lowest BCUT2D eigenvalue weighted by atomic mass is 10.0. The van der Waals surface area contributed by atoms with Gasteiger partial charge in [0.05, 0.1) is 5.54 Å². The predicted octanol–water partition coefficient (Wildman–Crippen LogP) is 3.89. The molecule has 0 unspecified atom stereocenters. The molecule has 1 fully saturated rings. The smallest absolute Gasteiger partial charge is 0.319 e. The van der Waals surface area contributed by atoms with E-state index < -0.39 is 0 Å². The molecule has 4 rings (SSSR count). The molecular formula is C20H22N2O3. The van der Waals surface area contributed by atoms with Gasteiger partial charge >= 0.3 is 6.03 Å². The molecule has 130 valence electrons. The summed E-state index contributed by atoms with van der Waals surface area (Å²) in [5.74, 6) is 1.53. The Bertz CT molecular complexity index is 828. The maximum Gasteiger partial charge on any atom is 0.319 e. The van der Waals surface area contributed by atoms with Crippen LogP contribution in [-0.4, -0.2) is 19.2 Å². The zero-order valence-electron chi connectivity index (χ0n) is 14.5. The van der Waals surface area contributed by atoms with Gasteiger partial charge in [0.2, 0.25) is 0 Å². The van der Waals surface area contributed by atoms with Crippen LogP contribution in [0.1, 0.15) is 29.5 Å². The number of urea groups is 1. The number of benzene rings is 2. The fourth-order valence-corrected chi connectivity index (χ4v) is 3.28. The van der Waals surface area contributed by atoms with Crippen LogP contribution in [0.15, 0.2) is 36.4 Å². The van der Waals surface area contributed by atoms with Gasteiger partial charge < -0.3 is 20.1 Å². The average Bonchev–Trinajstić information content (AvgIpc) is 3.37. The Morgan fingerprint density at radius 1 is 1.00 bits per heavy atom. The van der Waals surface area contributed by atoms with Gasteiger partial charge in [-0.1, -0.05) is 23.8 Å². The molecule has 5 heteroatoms. The number of nitrogens with one attached hydrogen (secondary N) is 2. The maximum atomic E-state index is 12.5. The van der Waals surface area contributed by atoms with Crippen LogP contribution in [-0.2, 0) is 5.54 Å². The van der Waals surface area contributed by atoms with Crippen LogP contribution in [0.4, 0.5) is 10.5 Å². The first-order chi connectivity index (χ1) is 12.1. The van der Waals surface area contributed by atoms with Crippen molar-refractivity contribution in [1.82, 2.24) is 5.32 Å². The quantitative estimate of drug-likeness (QED) is 0.893. The third kappa shape index (κ3) is 3.14. The van der Waals surface area contributed by atoms with Crippen LogP contribution in [0.2, 0.25) is 0 Å². The first-order valence-electron chi connectivity index (χ1n) is 8.62. The van der Waals surface area contributed by atoms with E-state index in [0.717, 1.165) is 41.2 Å². The van der Waals surface area contributed by atoms with Gasteiger partial charge in [0.25, 0.3) is 0 Å². The number of carbonyl (C=O) groups excluding carboxylic acids is 1. The standard InChI is InChI=1S/C20H22N2O3/c1-13-3-5-16(14(2)11-13)21-19(23)22-20(7-8-20)15-4-6-17-18(12-15)25-10-9-24-17/h3-6,11-12H,7-10H2,1-2H3,(H2,21,22,23). The second-order valence-electron chi connectivity index (χ2n) is 6.84. The van der Waals surface area contributed by atoms with Crippen LogP contribution in [0.3, 0.4) is 0 Å². The topological polar surface area (TPSA) is 59.6 Å².